The van der Waals surface area contributed by atoms with Crippen LogP contribution in [0.15, 0.2) is 33.5 Å². The molecule has 0 saturated carbocycles. The van der Waals surface area contributed by atoms with Gasteiger partial charge < -0.3 is 4.98 Å². The van der Waals surface area contributed by atoms with Crippen LogP contribution in [0.3, 0.4) is 0 Å². The first-order valence-corrected chi connectivity index (χ1v) is 6.30. The summed E-state index contributed by atoms with van der Waals surface area (Å²) in [5, 5.41) is 4.78. The van der Waals surface area contributed by atoms with Gasteiger partial charge in [0.05, 0.1) is 12.2 Å². The summed E-state index contributed by atoms with van der Waals surface area (Å²) in [7, 11) is 0. The molecule has 2 heterocycles. The van der Waals surface area contributed by atoms with E-state index in [1.54, 1.807) is 10.8 Å². The Bertz CT molecular complexity index is 656. The van der Waals surface area contributed by atoms with Gasteiger partial charge in [0.15, 0.2) is 5.82 Å². The molecule has 0 aliphatic carbocycles. The second kappa shape index (κ2) is 5.05. The lowest BCUT2D eigenvalue weighted by atomic mass is 10.4. The summed E-state index contributed by atoms with van der Waals surface area (Å²) in [6.07, 6.45) is 3.51. The molecule has 94 valence electrons. The number of H-pyrrole nitrogens is 2. The Labute approximate surface area is 106 Å². The zero-order chi connectivity index (χ0) is 13.1. The molecule has 2 rings (SSSR count). The molecule has 8 heteroatoms. The van der Waals surface area contributed by atoms with E-state index in [-0.39, 0.29) is 0 Å². The van der Waals surface area contributed by atoms with E-state index in [0.717, 1.165) is 0 Å². The maximum absolute atomic E-state index is 11.3. The lowest BCUT2D eigenvalue weighted by molar-refractivity contribution is 0.685. The van der Waals surface area contributed by atoms with Gasteiger partial charge in [-0.2, -0.15) is 4.98 Å². The predicted molar refractivity (Wildman–Crippen MR) is 68.7 cm³/mol. The van der Waals surface area contributed by atoms with E-state index in [1.807, 2.05) is 6.26 Å². The topological polar surface area (TPSA) is 96.4 Å². The monoisotopic (exact) mass is 265 g/mol. The number of rotatable bonds is 4. The van der Waals surface area contributed by atoms with E-state index >= 15 is 0 Å². The van der Waals surface area contributed by atoms with Gasteiger partial charge in [-0.3, -0.25) is 9.78 Å². The minimum absolute atomic E-state index is 0.332. The molecule has 0 fully saturated rings. The first kappa shape index (κ1) is 12.4. The maximum atomic E-state index is 11.3. The summed E-state index contributed by atoms with van der Waals surface area (Å²) in [4.78, 5) is 31.4. The number of thioether (sulfide) groups is 1. The normalized spacial score (nSPS) is 10.5. The highest BCUT2D eigenvalue weighted by molar-refractivity contribution is 7.98. The van der Waals surface area contributed by atoms with Gasteiger partial charge in [0.2, 0.25) is 5.16 Å². The average Bonchev–Trinajstić information content (AvgIpc) is 2.71. The Balaban J connectivity index is 2.61. The van der Waals surface area contributed by atoms with Crippen molar-refractivity contribution in [3.05, 3.63) is 39.6 Å². The highest BCUT2D eigenvalue weighted by Gasteiger charge is 2.12. The van der Waals surface area contributed by atoms with Gasteiger partial charge in [0.25, 0.3) is 5.56 Å². The van der Waals surface area contributed by atoms with E-state index in [2.05, 4.69) is 26.6 Å². The lowest BCUT2D eigenvalue weighted by Crippen LogP contribution is -2.22. The van der Waals surface area contributed by atoms with Crippen molar-refractivity contribution >= 4 is 11.8 Å². The quantitative estimate of drug-likeness (QED) is 0.609. The molecule has 0 bridgehead atoms. The summed E-state index contributed by atoms with van der Waals surface area (Å²) in [5.74, 6) is 0.433. The minimum Gasteiger partial charge on any atom is -0.304 e. The minimum atomic E-state index is -0.573. The molecular formula is C10H11N5O2S. The summed E-state index contributed by atoms with van der Waals surface area (Å²) < 4.78 is 1.57. The number of nitrogens with zero attached hydrogens (tertiary/aromatic N) is 3. The molecular weight excluding hydrogens is 254 g/mol. The van der Waals surface area contributed by atoms with Gasteiger partial charge in [-0.05, 0) is 6.26 Å². The van der Waals surface area contributed by atoms with E-state index < -0.39 is 11.2 Å². The molecule has 0 unspecified atom stereocenters. The molecule has 18 heavy (non-hydrogen) atoms. The average molecular weight is 265 g/mol. The predicted octanol–water partition coefficient (Wildman–Crippen LogP) is 0.230. The highest BCUT2D eigenvalue weighted by Crippen LogP contribution is 2.16. The highest BCUT2D eigenvalue weighted by atomic mass is 32.2. The summed E-state index contributed by atoms with van der Waals surface area (Å²) in [5.41, 5.74) is -0.720. The Morgan fingerprint density at radius 3 is 2.89 bits per heavy atom. The van der Waals surface area contributed by atoms with Crippen molar-refractivity contribution in [2.24, 2.45) is 0 Å². The Morgan fingerprint density at radius 1 is 1.50 bits per heavy atom. The number of allylic oxidation sites excluding steroid dienone is 1. The van der Waals surface area contributed by atoms with Crippen LogP contribution >= 0.6 is 11.8 Å². The van der Waals surface area contributed by atoms with Crippen molar-refractivity contribution in [3.63, 3.8) is 0 Å². The van der Waals surface area contributed by atoms with Crippen molar-refractivity contribution in [1.82, 2.24) is 24.7 Å². The van der Waals surface area contributed by atoms with Gasteiger partial charge in [-0.15, -0.1) is 11.7 Å². The summed E-state index contributed by atoms with van der Waals surface area (Å²) >= 11 is 1.38. The van der Waals surface area contributed by atoms with Crippen LogP contribution in [0.4, 0.5) is 0 Å². The second-order valence-corrected chi connectivity index (χ2v) is 4.17. The van der Waals surface area contributed by atoms with E-state index in [4.69, 9.17) is 0 Å². The third kappa shape index (κ3) is 2.43. The third-order valence-corrected chi connectivity index (χ3v) is 2.68. The number of hydrogen-bond acceptors (Lipinski definition) is 5. The second-order valence-electron chi connectivity index (χ2n) is 3.39. The van der Waals surface area contributed by atoms with Crippen LogP contribution in [0.25, 0.3) is 11.5 Å². The van der Waals surface area contributed by atoms with Crippen LogP contribution < -0.4 is 11.2 Å². The summed E-state index contributed by atoms with van der Waals surface area (Å²) in [6, 6.07) is 1.27. The fourth-order valence-corrected chi connectivity index (χ4v) is 1.80. The van der Waals surface area contributed by atoms with Crippen molar-refractivity contribution in [1.29, 1.82) is 0 Å². The summed E-state index contributed by atoms with van der Waals surface area (Å²) in [6.45, 7) is 4.07. The smallest absolute Gasteiger partial charge is 0.304 e. The molecule has 7 nitrogen and oxygen atoms in total. The van der Waals surface area contributed by atoms with Gasteiger partial charge in [0, 0.05) is 6.07 Å². The van der Waals surface area contributed by atoms with Crippen LogP contribution in [0, 0.1) is 0 Å². The first-order valence-electron chi connectivity index (χ1n) is 5.08. The Hall–Kier alpha value is -2.09. The zero-order valence-corrected chi connectivity index (χ0v) is 10.5. The Kier molecular flexibility index (Phi) is 3.47. The van der Waals surface area contributed by atoms with Crippen LogP contribution in [0.2, 0.25) is 0 Å². The molecule has 2 aromatic heterocycles. The van der Waals surface area contributed by atoms with Crippen LogP contribution in [-0.4, -0.2) is 31.0 Å². The fourth-order valence-electron chi connectivity index (χ4n) is 1.45. The first-order chi connectivity index (χ1) is 8.63. The van der Waals surface area contributed by atoms with E-state index in [9.17, 15) is 9.59 Å². The molecule has 0 aromatic carbocycles. The standard InChI is InChI=1S/C10H11N5O2S/c1-3-4-15-8(13-10(14-15)18-2)6-5-7(16)12-9(17)11-6/h3,5H,1,4H2,2H3,(H2,11,12,16,17). The van der Waals surface area contributed by atoms with Gasteiger partial charge in [-0.25, -0.2) is 9.48 Å². The van der Waals surface area contributed by atoms with Gasteiger partial charge >= 0.3 is 5.69 Å². The molecule has 0 aliphatic heterocycles. The number of nitrogens with one attached hydrogen (secondary N) is 2. The number of hydrogen-bond donors (Lipinski definition) is 2. The third-order valence-electron chi connectivity index (χ3n) is 2.14. The Morgan fingerprint density at radius 2 is 2.28 bits per heavy atom. The SMILES string of the molecule is C=CCn1nc(SC)nc1-c1cc(=O)[nH]c(=O)[nH]1. The van der Waals surface area contributed by atoms with Crippen molar-refractivity contribution in [2.45, 2.75) is 11.7 Å². The molecule has 0 radical (unpaired) electrons. The fraction of sp³-hybridized carbons (Fsp3) is 0.200. The van der Waals surface area contributed by atoms with E-state index in [1.165, 1.54) is 17.8 Å². The largest absolute Gasteiger partial charge is 0.326 e. The van der Waals surface area contributed by atoms with Crippen molar-refractivity contribution < 1.29 is 0 Å². The molecule has 0 spiro atoms. The molecule has 2 N–H and O–H groups in total. The molecule has 0 aliphatic rings. The van der Waals surface area contributed by atoms with Gasteiger partial charge in [0.1, 0.15) is 0 Å². The molecule has 0 atom stereocenters. The maximum Gasteiger partial charge on any atom is 0.326 e. The van der Waals surface area contributed by atoms with Crippen molar-refractivity contribution in [3.8, 4) is 11.5 Å². The zero-order valence-electron chi connectivity index (χ0n) is 9.64. The molecule has 0 amide bonds. The van der Waals surface area contributed by atoms with Crippen LogP contribution in [0.5, 0.6) is 0 Å². The van der Waals surface area contributed by atoms with Crippen LogP contribution in [-0.2, 0) is 6.54 Å². The molecule has 2 aromatic rings. The van der Waals surface area contributed by atoms with E-state index in [0.29, 0.717) is 23.2 Å². The lowest BCUT2D eigenvalue weighted by Gasteiger charge is -2.01. The number of aromatic amines is 2. The van der Waals surface area contributed by atoms with Gasteiger partial charge in [-0.1, -0.05) is 17.8 Å². The van der Waals surface area contributed by atoms with Crippen LogP contribution in [0.1, 0.15) is 0 Å². The van der Waals surface area contributed by atoms with Crippen molar-refractivity contribution in [2.75, 3.05) is 6.26 Å². The number of aromatic nitrogens is 5. The molecule has 0 saturated heterocycles.